The van der Waals surface area contributed by atoms with Gasteiger partial charge in [0.2, 0.25) is 0 Å². The lowest BCUT2D eigenvalue weighted by atomic mass is 10.1. The fourth-order valence-electron chi connectivity index (χ4n) is 2.18. The van der Waals surface area contributed by atoms with E-state index in [1.165, 1.54) is 23.9 Å². The van der Waals surface area contributed by atoms with Gasteiger partial charge in [-0.3, -0.25) is 0 Å². The molecule has 5 heteroatoms. The van der Waals surface area contributed by atoms with E-state index < -0.39 is 5.82 Å². The largest absolute Gasteiger partial charge is 0.423 e. The normalized spacial score (nSPS) is 11.0. The third kappa shape index (κ3) is 3.18. The van der Waals surface area contributed by atoms with E-state index in [0.717, 1.165) is 21.4 Å². The van der Waals surface area contributed by atoms with Gasteiger partial charge in [-0.15, -0.1) is 11.8 Å². The maximum atomic E-state index is 13.2. The Morgan fingerprint density at radius 1 is 1.18 bits per heavy atom. The lowest BCUT2D eigenvalue weighted by Gasteiger charge is -2.06. The molecule has 0 spiro atoms. The van der Waals surface area contributed by atoms with E-state index in [1.807, 2.05) is 25.1 Å². The molecule has 2 aromatic carbocycles. The summed E-state index contributed by atoms with van der Waals surface area (Å²) in [5, 5.41) is 1.00. The Morgan fingerprint density at radius 2 is 2.00 bits per heavy atom. The van der Waals surface area contributed by atoms with Crippen LogP contribution in [0.15, 0.2) is 56.6 Å². The van der Waals surface area contributed by atoms with Gasteiger partial charge in [0.05, 0.1) is 5.02 Å². The molecule has 1 aromatic heterocycles. The van der Waals surface area contributed by atoms with Gasteiger partial charge in [-0.1, -0.05) is 23.7 Å². The summed E-state index contributed by atoms with van der Waals surface area (Å²) in [5.41, 5.74) is 2.13. The number of benzene rings is 2. The van der Waals surface area contributed by atoms with Crippen molar-refractivity contribution < 1.29 is 8.81 Å². The molecule has 0 atom stereocenters. The number of halogens is 2. The number of rotatable bonds is 3. The molecule has 0 fully saturated rings. The molecule has 0 saturated carbocycles. The second kappa shape index (κ2) is 6.15. The molecule has 0 aliphatic rings. The Kier molecular flexibility index (Phi) is 4.23. The van der Waals surface area contributed by atoms with Crippen molar-refractivity contribution in [1.82, 2.24) is 0 Å². The molecule has 0 bridgehead atoms. The summed E-state index contributed by atoms with van der Waals surface area (Å²) in [6.07, 6.45) is 0. The maximum Gasteiger partial charge on any atom is 0.336 e. The van der Waals surface area contributed by atoms with Gasteiger partial charge in [-0.2, -0.15) is 0 Å². The average molecular weight is 335 g/mol. The molecule has 0 unspecified atom stereocenters. The summed E-state index contributed by atoms with van der Waals surface area (Å²) < 4.78 is 18.4. The van der Waals surface area contributed by atoms with Crippen LogP contribution in [-0.2, 0) is 5.75 Å². The minimum absolute atomic E-state index is 0.0954. The van der Waals surface area contributed by atoms with Gasteiger partial charge < -0.3 is 4.42 Å². The Hall–Kier alpha value is -1.78. The second-order valence-corrected chi connectivity index (χ2v) is 6.41. The van der Waals surface area contributed by atoms with Crippen molar-refractivity contribution in [3.8, 4) is 0 Å². The molecule has 0 aliphatic heterocycles. The molecule has 22 heavy (non-hydrogen) atoms. The number of thioether (sulfide) groups is 1. The Balaban J connectivity index is 1.93. The minimum Gasteiger partial charge on any atom is -0.423 e. The van der Waals surface area contributed by atoms with Gasteiger partial charge in [-0.05, 0) is 42.3 Å². The smallest absolute Gasteiger partial charge is 0.336 e. The molecule has 3 aromatic rings. The van der Waals surface area contributed by atoms with Crippen LogP contribution in [0.1, 0.15) is 11.1 Å². The van der Waals surface area contributed by atoms with E-state index in [0.29, 0.717) is 11.3 Å². The number of fused-ring (bicyclic) bond motifs is 1. The third-order valence-corrected chi connectivity index (χ3v) is 4.60. The van der Waals surface area contributed by atoms with Crippen LogP contribution in [0.5, 0.6) is 0 Å². The first kappa shape index (κ1) is 15.1. The van der Waals surface area contributed by atoms with E-state index in [1.54, 1.807) is 12.1 Å². The van der Waals surface area contributed by atoms with Crippen LogP contribution in [0.2, 0.25) is 5.02 Å². The van der Waals surface area contributed by atoms with Crippen LogP contribution in [0.3, 0.4) is 0 Å². The minimum atomic E-state index is -0.438. The van der Waals surface area contributed by atoms with Crippen molar-refractivity contribution in [1.29, 1.82) is 0 Å². The first-order valence-electron chi connectivity index (χ1n) is 6.64. The number of hydrogen-bond donors (Lipinski definition) is 0. The molecule has 1 heterocycles. The van der Waals surface area contributed by atoms with Gasteiger partial charge >= 0.3 is 5.63 Å². The van der Waals surface area contributed by atoms with Crippen LogP contribution in [0, 0.1) is 12.7 Å². The highest BCUT2D eigenvalue weighted by atomic mass is 35.5. The number of aryl methyl sites for hydroxylation is 1. The summed E-state index contributed by atoms with van der Waals surface area (Å²) >= 11 is 7.27. The van der Waals surface area contributed by atoms with Crippen LogP contribution in [0.25, 0.3) is 11.0 Å². The predicted octanol–water partition coefficient (Wildman–Crippen LogP) is 5.19. The van der Waals surface area contributed by atoms with Crippen LogP contribution in [-0.4, -0.2) is 0 Å². The average Bonchev–Trinajstić information content (AvgIpc) is 2.47. The standard InChI is InChI=1S/C17H12ClFO2S/c1-10-2-4-13-11(7-17(20)21-16(13)6-10)9-22-12-3-5-15(19)14(18)8-12/h2-8H,9H2,1H3. The van der Waals surface area contributed by atoms with E-state index in [9.17, 15) is 9.18 Å². The molecule has 0 N–H and O–H groups in total. The van der Waals surface area contributed by atoms with Crippen molar-refractivity contribution in [3.63, 3.8) is 0 Å². The van der Waals surface area contributed by atoms with Crippen molar-refractivity contribution in [3.05, 3.63) is 74.9 Å². The summed E-state index contributed by atoms with van der Waals surface area (Å²) in [5.74, 6) is 0.139. The SMILES string of the molecule is Cc1ccc2c(CSc3ccc(F)c(Cl)c3)cc(=O)oc2c1. The van der Waals surface area contributed by atoms with Crippen molar-refractivity contribution in [2.45, 2.75) is 17.6 Å². The van der Waals surface area contributed by atoms with E-state index in [2.05, 4.69) is 0 Å². The zero-order valence-corrected chi connectivity index (χ0v) is 13.3. The highest BCUT2D eigenvalue weighted by molar-refractivity contribution is 7.98. The van der Waals surface area contributed by atoms with Crippen molar-refractivity contribution in [2.75, 3.05) is 0 Å². The fraction of sp³-hybridized carbons (Fsp3) is 0.118. The molecule has 0 amide bonds. The van der Waals surface area contributed by atoms with Crippen LogP contribution >= 0.6 is 23.4 Å². The third-order valence-electron chi connectivity index (χ3n) is 3.27. The summed E-state index contributed by atoms with van der Waals surface area (Å²) in [6.45, 7) is 1.95. The Bertz CT molecular complexity index is 905. The van der Waals surface area contributed by atoms with Crippen LogP contribution < -0.4 is 5.63 Å². The molecular formula is C17H12ClFO2S. The first-order chi connectivity index (χ1) is 10.5. The second-order valence-electron chi connectivity index (χ2n) is 4.95. The van der Waals surface area contributed by atoms with Gasteiger partial charge in [0.15, 0.2) is 0 Å². The zero-order valence-electron chi connectivity index (χ0n) is 11.7. The molecule has 112 valence electrons. The molecule has 0 radical (unpaired) electrons. The monoisotopic (exact) mass is 334 g/mol. The van der Waals surface area contributed by atoms with Crippen LogP contribution in [0.4, 0.5) is 4.39 Å². The molecular weight excluding hydrogens is 323 g/mol. The molecule has 2 nitrogen and oxygen atoms in total. The predicted molar refractivity (Wildman–Crippen MR) is 88.2 cm³/mol. The van der Waals surface area contributed by atoms with Crippen molar-refractivity contribution in [2.24, 2.45) is 0 Å². The quantitative estimate of drug-likeness (QED) is 0.488. The maximum absolute atomic E-state index is 13.2. The number of hydrogen-bond acceptors (Lipinski definition) is 3. The van der Waals surface area contributed by atoms with Gasteiger partial charge in [-0.25, -0.2) is 9.18 Å². The van der Waals surface area contributed by atoms with Gasteiger partial charge in [0, 0.05) is 22.1 Å². The first-order valence-corrected chi connectivity index (χ1v) is 8.00. The van der Waals surface area contributed by atoms with Gasteiger partial charge in [0.1, 0.15) is 11.4 Å². The Morgan fingerprint density at radius 3 is 2.77 bits per heavy atom. The van der Waals surface area contributed by atoms with Gasteiger partial charge in [0.25, 0.3) is 0 Å². The van der Waals surface area contributed by atoms with E-state index in [4.69, 9.17) is 16.0 Å². The topological polar surface area (TPSA) is 30.2 Å². The lowest BCUT2D eigenvalue weighted by molar-refractivity contribution is 0.559. The Labute approximate surface area is 135 Å². The van der Waals surface area contributed by atoms with E-state index in [-0.39, 0.29) is 10.6 Å². The van der Waals surface area contributed by atoms with E-state index >= 15 is 0 Å². The summed E-state index contributed by atoms with van der Waals surface area (Å²) in [4.78, 5) is 12.5. The summed E-state index contributed by atoms with van der Waals surface area (Å²) in [7, 11) is 0. The zero-order chi connectivity index (χ0) is 15.7. The fourth-order valence-corrected chi connectivity index (χ4v) is 3.36. The molecule has 0 aliphatic carbocycles. The lowest BCUT2D eigenvalue weighted by Crippen LogP contribution is -2.00. The summed E-state index contributed by atoms with van der Waals surface area (Å²) in [6, 6.07) is 11.9. The highest BCUT2D eigenvalue weighted by Crippen LogP contribution is 2.29. The molecule has 0 saturated heterocycles. The molecule has 3 rings (SSSR count). The highest BCUT2D eigenvalue weighted by Gasteiger charge is 2.08. The van der Waals surface area contributed by atoms with Crippen molar-refractivity contribution >= 4 is 34.3 Å².